The summed E-state index contributed by atoms with van der Waals surface area (Å²) in [5, 5.41) is 21.3. The van der Waals surface area contributed by atoms with E-state index in [2.05, 4.69) is 10.3 Å². The molecule has 0 radical (unpaired) electrons. The number of phenolic OH excluding ortho intramolecular Hbond substituents is 1. The van der Waals surface area contributed by atoms with Crippen molar-refractivity contribution in [2.75, 3.05) is 5.32 Å². The van der Waals surface area contributed by atoms with E-state index in [4.69, 9.17) is 16.7 Å². The normalized spacial score (nSPS) is 10.3. The first kappa shape index (κ1) is 14.0. The number of hydrogen-bond acceptors (Lipinski definition) is 3. The van der Waals surface area contributed by atoms with E-state index in [-0.39, 0.29) is 27.7 Å². The molecule has 0 atom stereocenters. The number of anilines is 1. The van der Waals surface area contributed by atoms with Crippen molar-refractivity contribution in [2.45, 2.75) is 6.92 Å². The van der Waals surface area contributed by atoms with E-state index >= 15 is 0 Å². The van der Waals surface area contributed by atoms with Crippen LogP contribution in [-0.4, -0.2) is 27.1 Å². The summed E-state index contributed by atoms with van der Waals surface area (Å²) in [5.74, 6) is -2.08. The fourth-order valence-corrected chi connectivity index (χ4v) is 1.91. The van der Waals surface area contributed by atoms with Gasteiger partial charge in [0.1, 0.15) is 11.4 Å². The van der Waals surface area contributed by atoms with Crippen LogP contribution in [0.25, 0.3) is 0 Å². The standard InChI is InChI=1S/C13H11ClN2O4/c1-6-4-9(11(15-6)13(19)20)16-12(18)8-5-7(14)2-3-10(8)17/h2-5,15,17H,1H3,(H,16,18)(H,19,20). The summed E-state index contributed by atoms with van der Waals surface area (Å²) in [7, 11) is 0. The first-order valence-electron chi connectivity index (χ1n) is 5.61. The Balaban J connectivity index is 2.32. The van der Waals surface area contributed by atoms with Crippen molar-refractivity contribution >= 4 is 29.2 Å². The lowest BCUT2D eigenvalue weighted by Gasteiger charge is -2.06. The van der Waals surface area contributed by atoms with Gasteiger partial charge in [-0.1, -0.05) is 11.6 Å². The van der Waals surface area contributed by atoms with E-state index in [1.807, 2.05) is 0 Å². The molecule has 7 heteroatoms. The number of nitrogens with one attached hydrogen (secondary N) is 2. The molecule has 1 aromatic heterocycles. The Labute approximate surface area is 119 Å². The van der Waals surface area contributed by atoms with Gasteiger partial charge >= 0.3 is 5.97 Å². The first-order valence-corrected chi connectivity index (χ1v) is 5.99. The lowest BCUT2D eigenvalue weighted by molar-refractivity contribution is 0.0692. The molecule has 2 aromatic rings. The Bertz CT molecular complexity index is 694. The van der Waals surface area contributed by atoms with Gasteiger partial charge in [0, 0.05) is 10.7 Å². The van der Waals surface area contributed by atoms with Crippen molar-refractivity contribution in [3.8, 4) is 5.75 Å². The minimum atomic E-state index is -1.19. The fourth-order valence-electron chi connectivity index (χ4n) is 1.74. The number of carboxylic acids is 1. The van der Waals surface area contributed by atoms with Gasteiger partial charge in [0.25, 0.3) is 5.91 Å². The number of carbonyl (C=O) groups excluding carboxylic acids is 1. The number of rotatable bonds is 3. The van der Waals surface area contributed by atoms with Crippen LogP contribution in [0.3, 0.4) is 0 Å². The molecule has 4 N–H and O–H groups in total. The molecule has 1 aromatic carbocycles. The maximum Gasteiger partial charge on any atom is 0.354 e. The van der Waals surface area contributed by atoms with Crippen molar-refractivity contribution in [3.63, 3.8) is 0 Å². The molecule has 0 aliphatic heterocycles. The zero-order chi connectivity index (χ0) is 14.9. The van der Waals surface area contributed by atoms with Gasteiger partial charge in [0.05, 0.1) is 11.3 Å². The van der Waals surface area contributed by atoms with Crippen molar-refractivity contribution in [2.24, 2.45) is 0 Å². The largest absolute Gasteiger partial charge is 0.507 e. The molecular weight excluding hydrogens is 284 g/mol. The SMILES string of the molecule is Cc1cc(NC(=O)c2cc(Cl)ccc2O)c(C(=O)O)[nH]1. The Morgan fingerprint density at radius 3 is 2.65 bits per heavy atom. The van der Waals surface area contributed by atoms with Gasteiger partial charge in [0.2, 0.25) is 0 Å². The average molecular weight is 295 g/mol. The van der Waals surface area contributed by atoms with Gasteiger partial charge < -0.3 is 20.5 Å². The zero-order valence-corrected chi connectivity index (χ0v) is 11.2. The Hall–Kier alpha value is -2.47. The zero-order valence-electron chi connectivity index (χ0n) is 10.4. The van der Waals surface area contributed by atoms with Crippen LogP contribution in [0.1, 0.15) is 26.5 Å². The lowest BCUT2D eigenvalue weighted by Crippen LogP contribution is -2.14. The number of aryl methyl sites for hydroxylation is 1. The fraction of sp³-hybridized carbons (Fsp3) is 0.0769. The number of aromatic hydroxyl groups is 1. The van der Waals surface area contributed by atoms with E-state index in [1.54, 1.807) is 6.92 Å². The number of aromatic carboxylic acids is 1. The quantitative estimate of drug-likeness (QED) is 0.698. The second-order valence-electron chi connectivity index (χ2n) is 4.16. The highest BCUT2D eigenvalue weighted by Crippen LogP contribution is 2.24. The maximum atomic E-state index is 12.0. The van der Waals surface area contributed by atoms with E-state index in [0.29, 0.717) is 5.69 Å². The van der Waals surface area contributed by atoms with Crippen LogP contribution in [0.15, 0.2) is 24.3 Å². The Morgan fingerprint density at radius 1 is 1.30 bits per heavy atom. The second-order valence-corrected chi connectivity index (χ2v) is 4.60. The van der Waals surface area contributed by atoms with Crippen LogP contribution >= 0.6 is 11.6 Å². The monoisotopic (exact) mass is 294 g/mol. The number of benzene rings is 1. The van der Waals surface area contributed by atoms with Crippen molar-refractivity contribution < 1.29 is 19.8 Å². The molecule has 0 fully saturated rings. The molecule has 1 amide bonds. The van der Waals surface area contributed by atoms with Gasteiger partial charge in [-0.05, 0) is 31.2 Å². The minimum absolute atomic E-state index is 0.0345. The molecular formula is C13H11ClN2O4. The van der Waals surface area contributed by atoms with E-state index < -0.39 is 11.9 Å². The molecule has 20 heavy (non-hydrogen) atoms. The number of amides is 1. The summed E-state index contributed by atoms with van der Waals surface area (Å²) in [6, 6.07) is 5.52. The molecule has 0 saturated heterocycles. The smallest absolute Gasteiger partial charge is 0.354 e. The Morgan fingerprint density at radius 2 is 2.00 bits per heavy atom. The molecule has 0 aliphatic carbocycles. The number of carboxylic acid groups (broad SMARTS) is 1. The topological polar surface area (TPSA) is 102 Å². The first-order chi connectivity index (χ1) is 9.38. The van der Waals surface area contributed by atoms with Crippen molar-refractivity contribution in [1.29, 1.82) is 0 Å². The van der Waals surface area contributed by atoms with Gasteiger partial charge in [-0.25, -0.2) is 4.79 Å². The molecule has 1 heterocycles. The van der Waals surface area contributed by atoms with Gasteiger partial charge in [-0.2, -0.15) is 0 Å². The molecule has 0 bridgehead atoms. The van der Waals surface area contributed by atoms with Gasteiger partial charge in [-0.3, -0.25) is 4.79 Å². The molecule has 104 valence electrons. The third kappa shape index (κ3) is 2.75. The van der Waals surface area contributed by atoms with E-state index in [1.165, 1.54) is 24.3 Å². The third-order valence-corrected chi connectivity index (χ3v) is 2.85. The van der Waals surface area contributed by atoms with Crippen molar-refractivity contribution in [3.05, 3.63) is 46.2 Å². The lowest BCUT2D eigenvalue weighted by atomic mass is 10.2. The highest BCUT2D eigenvalue weighted by atomic mass is 35.5. The molecule has 0 saturated carbocycles. The van der Waals surface area contributed by atoms with Crippen LogP contribution < -0.4 is 5.32 Å². The predicted octanol–water partition coefficient (Wildman–Crippen LogP) is 2.63. The number of carbonyl (C=O) groups is 2. The molecule has 0 unspecified atom stereocenters. The highest BCUT2D eigenvalue weighted by molar-refractivity contribution is 6.31. The number of aromatic nitrogens is 1. The summed E-state index contributed by atoms with van der Waals surface area (Å²) >= 11 is 5.76. The molecule has 6 nitrogen and oxygen atoms in total. The maximum absolute atomic E-state index is 12.0. The van der Waals surface area contributed by atoms with E-state index in [9.17, 15) is 14.7 Å². The summed E-state index contributed by atoms with van der Waals surface area (Å²) in [6.07, 6.45) is 0. The van der Waals surface area contributed by atoms with Crippen molar-refractivity contribution in [1.82, 2.24) is 4.98 Å². The predicted molar refractivity (Wildman–Crippen MR) is 73.6 cm³/mol. The number of phenols is 1. The second kappa shape index (κ2) is 5.26. The Kier molecular flexibility index (Phi) is 3.67. The number of H-pyrrole nitrogens is 1. The number of hydrogen-bond donors (Lipinski definition) is 4. The summed E-state index contributed by atoms with van der Waals surface area (Å²) in [4.78, 5) is 25.7. The summed E-state index contributed by atoms with van der Waals surface area (Å²) in [6.45, 7) is 1.67. The third-order valence-electron chi connectivity index (χ3n) is 2.62. The van der Waals surface area contributed by atoms with Crippen LogP contribution in [0.4, 0.5) is 5.69 Å². The summed E-state index contributed by atoms with van der Waals surface area (Å²) < 4.78 is 0. The van der Waals surface area contributed by atoms with Crippen LogP contribution in [0.2, 0.25) is 5.02 Å². The minimum Gasteiger partial charge on any atom is -0.507 e. The van der Waals surface area contributed by atoms with Crippen LogP contribution in [-0.2, 0) is 0 Å². The van der Waals surface area contributed by atoms with E-state index in [0.717, 1.165) is 0 Å². The molecule has 2 rings (SSSR count). The van der Waals surface area contributed by atoms with Gasteiger partial charge in [0.15, 0.2) is 0 Å². The average Bonchev–Trinajstić information content (AvgIpc) is 2.73. The molecule has 0 spiro atoms. The number of aromatic amines is 1. The summed E-state index contributed by atoms with van der Waals surface area (Å²) in [5.41, 5.74) is 0.553. The van der Waals surface area contributed by atoms with Gasteiger partial charge in [-0.15, -0.1) is 0 Å². The number of halogens is 1. The highest BCUT2D eigenvalue weighted by Gasteiger charge is 2.18. The molecule has 0 aliphatic rings. The van der Waals surface area contributed by atoms with Crippen LogP contribution in [0, 0.1) is 6.92 Å². The van der Waals surface area contributed by atoms with Crippen LogP contribution in [0.5, 0.6) is 5.75 Å².